The van der Waals surface area contributed by atoms with Gasteiger partial charge in [-0.2, -0.15) is 0 Å². The molecule has 3 heterocycles. The average molecular weight is 217 g/mol. The Kier molecular flexibility index (Phi) is 2.25. The lowest BCUT2D eigenvalue weighted by molar-refractivity contribution is 0.589. The molecule has 1 aliphatic rings. The topological polar surface area (TPSA) is 45.5 Å². The van der Waals surface area contributed by atoms with Gasteiger partial charge >= 0.3 is 0 Å². The number of aryl methyl sites for hydroxylation is 1. The van der Waals surface area contributed by atoms with E-state index in [0.717, 1.165) is 37.7 Å². The van der Waals surface area contributed by atoms with Crippen LogP contribution in [0.5, 0.6) is 0 Å². The smallest absolute Gasteiger partial charge is 0.162 e. The van der Waals surface area contributed by atoms with Crippen molar-refractivity contribution in [1.29, 1.82) is 0 Å². The van der Waals surface area contributed by atoms with E-state index >= 15 is 0 Å². The van der Waals surface area contributed by atoms with E-state index in [2.05, 4.69) is 32.5 Å². The average Bonchev–Trinajstić information content (AvgIpc) is 2.72. The Bertz CT molecular complexity index is 498. The summed E-state index contributed by atoms with van der Waals surface area (Å²) in [6, 6.07) is 4.24. The molecule has 5 nitrogen and oxygen atoms in total. The highest BCUT2D eigenvalue weighted by atomic mass is 15.2. The number of fused-ring (bicyclic) bond motifs is 1. The second-order valence-corrected chi connectivity index (χ2v) is 4.10. The highest BCUT2D eigenvalue weighted by molar-refractivity contribution is 5.56. The van der Waals surface area contributed by atoms with E-state index in [-0.39, 0.29) is 0 Å². The highest BCUT2D eigenvalue weighted by Gasteiger charge is 2.11. The Balaban J connectivity index is 1.97. The van der Waals surface area contributed by atoms with E-state index in [9.17, 15) is 0 Å². The first-order valence-electron chi connectivity index (χ1n) is 5.62. The first-order chi connectivity index (χ1) is 7.84. The molecule has 0 atom stereocenters. The van der Waals surface area contributed by atoms with Gasteiger partial charge in [0.15, 0.2) is 5.65 Å². The van der Waals surface area contributed by atoms with Crippen LogP contribution in [0, 0.1) is 6.92 Å². The number of hydrogen-bond donors (Lipinski definition) is 1. The zero-order valence-corrected chi connectivity index (χ0v) is 9.35. The summed E-state index contributed by atoms with van der Waals surface area (Å²) in [4.78, 5) is 2.38. The monoisotopic (exact) mass is 217 g/mol. The summed E-state index contributed by atoms with van der Waals surface area (Å²) < 4.78 is 2.01. The molecule has 16 heavy (non-hydrogen) atoms. The van der Waals surface area contributed by atoms with E-state index < -0.39 is 0 Å². The zero-order valence-electron chi connectivity index (χ0n) is 9.35. The Morgan fingerprint density at radius 2 is 2.06 bits per heavy atom. The lowest BCUT2D eigenvalue weighted by Crippen LogP contribution is -2.43. The van der Waals surface area contributed by atoms with Crippen LogP contribution in [0.1, 0.15) is 5.82 Å². The summed E-state index contributed by atoms with van der Waals surface area (Å²) >= 11 is 0. The van der Waals surface area contributed by atoms with Crippen LogP contribution < -0.4 is 10.2 Å². The van der Waals surface area contributed by atoms with Crippen molar-refractivity contribution in [1.82, 2.24) is 19.9 Å². The number of rotatable bonds is 1. The van der Waals surface area contributed by atoms with Gasteiger partial charge in [0, 0.05) is 44.1 Å². The van der Waals surface area contributed by atoms with Crippen LogP contribution in [0.25, 0.3) is 5.65 Å². The van der Waals surface area contributed by atoms with Gasteiger partial charge in [0.25, 0.3) is 0 Å². The third kappa shape index (κ3) is 1.53. The zero-order chi connectivity index (χ0) is 11.0. The molecule has 0 bridgehead atoms. The predicted octanol–water partition coefficient (Wildman–Crippen LogP) is 0.447. The molecule has 0 aromatic carbocycles. The summed E-state index contributed by atoms with van der Waals surface area (Å²) in [5.74, 6) is 0.932. The molecule has 3 rings (SSSR count). The molecular weight excluding hydrogens is 202 g/mol. The van der Waals surface area contributed by atoms with Gasteiger partial charge in [0.05, 0.1) is 0 Å². The molecule has 2 aromatic heterocycles. The second kappa shape index (κ2) is 3.75. The van der Waals surface area contributed by atoms with Crippen LogP contribution in [-0.2, 0) is 0 Å². The van der Waals surface area contributed by atoms with Crippen molar-refractivity contribution >= 4 is 11.3 Å². The molecule has 1 aliphatic heterocycles. The van der Waals surface area contributed by atoms with Gasteiger partial charge in [-0.25, -0.2) is 0 Å². The lowest BCUT2D eigenvalue weighted by Gasteiger charge is -2.29. The summed E-state index contributed by atoms with van der Waals surface area (Å²) in [5.41, 5.74) is 2.16. The number of aromatic nitrogens is 3. The number of pyridine rings is 1. The molecule has 84 valence electrons. The summed E-state index contributed by atoms with van der Waals surface area (Å²) in [5, 5.41) is 11.6. The third-order valence-electron chi connectivity index (χ3n) is 3.05. The van der Waals surface area contributed by atoms with E-state index in [1.807, 2.05) is 17.5 Å². The summed E-state index contributed by atoms with van der Waals surface area (Å²) in [7, 11) is 0. The standard InChI is InChI=1S/C11H15N5/c1-9-13-14-11-8-10(2-5-16(9)11)15-6-3-12-4-7-15/h2,5,8,12H,3-4,6-7H2,1H3. The number of nitrogens with zero attached hydrogens (tertiary/aromatic N) is 4. The maximum atomic E-state index is 4.14. The van der Waals surface area contributed by atoms with Crippen LogP contribution >= 0.6 is 0 Å². The first kappa shape index (κ1) is 9.59. The number of hydrogen-bond acceptors (Lipinski definition) is 4. The van der Waals surface area contributed by atoms with Gasteiger partial charge in [-0.05, 0) is 13.0 Å². The molecule has 2 aromatic rings. The van der Waals surface area contributed by atoms with Gasteiger partial charge < -0.3 is 10.2 Å². The third-order valence-corrected chi connectivity index (χ3v) is 3.05. The molecule has 0 aliphatic carbocycles. The fourth-order valence-corrected chi connectivity index (χ4v) is 2.12. The molecule has 0 amide bonds. The van der Waals surface area contributed by atoms with Gasteiger partial charge in [0.1, 0.15) is 5.82 Å². The van der Waals surface area contributed by atoms with Crippen molar-refractivity contribution in [3.8, 4) is 0 Å². The van der Waals surface area contributed by atoms with Crippen molar-refractivity contribution in [3.63, 3.8) is 0 Å². The number of nitrogens with one attached hydrogen (secondary N) is 1. The molecule has 0 spiro atoms. The van der Waals surface area contributed by atoms with Crippen molar-refractivity contribution < 1.29 is 0 Å². The largest absolute Gasteiger partial charge is 0.369 e. The van der Waals surface area contributed by atoms with Gasteiger partial charge in [-0.3, -0.25) is 4.40 Å². The van der Waals surface area contributed by atoms with E-state index in [1.54, 1.807) is 0 Å². The van der Waals surface area contributed by atoms with Crippen LogP contribution in [0.15, 0.2) is 18.3 Å². The summed E-state index contributed by atoms with van der Waals surface area (Å²) in [6.07, 6.45) is 2.04. The molecular formula is C11H15N5. The van der Waals surface area contributed by atoms with E-state index in [4.69, 9.17) is 0 Å². The summed E-state index contributed by atoms with van der Waals surface area (Å²) in [6.45, 7) is 6.19. The Labute approximate surface area is 94.1 Å². The Hall–Kier alpha value is -1.62. The molecule has 1 saturated heterocycles. The molecule has 1 N–H and O–H groups in total. The molecule has 0 radical (unpaired) electrons. The van der Waals surface area contributed by atoms with E-state index in [0.29, 0.717) is 0 Å². The van der Waals surface area contributed by atoms with Gasteiger partial charge in [-0.1, -0.05) is 0 Å². The maximum absolute atomic E-state index is 4.14. The minimum Gasteiger partial charge on any atom is -0.369 e. The number of piperazine rings is 1. The van der Waals surface area contributed by atoms with Gasteiger partial charge in [0.2, 0.25) is 0 Å². The van der Waals surface area contributed by atoms with Crippen LogP contribution in [0.3, 0.4) is 0 Å². The maximum Gasteiger partial charge on any atom is 0.162 e. The second-order valence-electron chi connectivity index (χ2n) is 4.10. The minimum atomic E-state index is 0.925. The molecule has 0 unspecified atom stereocenters. The predicted molar refractivity (Wildman–Crippen MR) is 62.8 cm³/mol. The molecule has 1 fully saturated rings. The fourth-order valence-electron chi connectivity index (χ4n) is 2.12. The van der Waals surface area contributed by atoms with Crippen LogP contribution in [-0.4, -0.2) is 40.8 Å². The van der Waals surface area contributed by atoms with E-state index in [1.165, 1.54) is 5.69 Å². The fraction of sp³-hybridized carbons (Fsp3) is 0.455. The first-order valence-corrected chi connectivity index (χ1v) is 5.62. The highest BCUT2D eigenvalue weighted by Crippen LogP contribution is 2.16. The van der Waals surface area contributed by atoms with Crippen molar-refractivity contribution in [3.05, 3.63) is 24.2 Å². The van der Waals surface area contributed by atoms with Crippen LogP contribution in [0.2, 0.25) is 0 Å². The Morgan fingerprint density at radius 1 is 1.25 bits per heavy atom. The van der Waals surface area contributed by atoms with Crippen LogP contribution in [0.4, 0.5) is 5.69 Å². The quantitative estimate of drug-likeness (QED) is 0.753. The van der Waals surface area contributed by atoms with Crippen molar-refractivity contribution in [2.45, 2.75) is 6.92 Å². The number of anilines is 1. The normalized spacial score (nSPS) is 16.9. The SMILES string of the molecule is Cc1nnc2cc(N3CCNCC3)ccn12. The molecule has 5 heteroatoms. The minimum absolute atomic E-state index is 0.925. The van der Waals surface area contributed by atoms with Gasteiger partial charge in [-0.15, -0.1) is 10.2 Å². The molecule has 0 saturated carbocycles. The van der Waals surface area contributed by atoms with Crippen molar-refractivity contribution in [2.75, 3.05) is 31.1 Å². The van der Waals surface area contributed by atoms with Crippen molar-refractivity contribution in [2.24, 2.45) is 0 Å². The lowest BCUT2D eigenvalue weighted by atomic mass is 10.3. The Morgan fingerprint density at radius 3 is 2.88 bits per heavy atom.